The molecule has 2 nitrogen and oxygen atoms in total. The van der Waals surface area contributed by atoms with Crippen molar-refractivity contribution < 1.29 is 9.53 Å². The maximum Gasteiger partial charge on any atom is 0.338 e. The molecule has 2 aliphatic rings. The molecule has 0 N–H and O–H groups in total. The zero-order chi connectivity index (χ0) is 21.6. The summed E-state index contributed by atoms with van der Waals surface area (Å²) in [5.41, 5.74) is 6.27. The number of cyclic esters (lactones) is 1. The molecule has 0 bridgehead atoms. The Morgan fingerprint density at radius 2 is 1.58 bits per heavy atom. The first kappa shape index (κ1) is 22.1. The van der Waals surface area contributed by atoms with Gasteiger partial charge in [0.1, 0.15) is 6.10 Å². The highest BCUT2D eigenvalue weighted by molar-refractivity contribution is 5.92. The monoisotopic (exact) mass is 418 g/mol. The van der Waals surface area contributed by atoms with Gasteiger partial charge in [-0.05, 0) is 91.5 Å². The van der Waals surface area contributed by atoms with Crippen molar-refractivity contribution >= 4 is 5.97 Å². The minimum atomic E-state index is -0.119. The predicted molar refractivity (Wildman–Crippen MR) is 128 cm³/mol. The van der Waals surface area contributed by atoms with Crippen LogP contribution in [-0.4, -0.2) is 12.1 Å². The van der Waals surface area contributed by atoms with E-state index < -0.39 is 0 Å². The third kappa shape index (κ3) is 5.59. The molecule has 0 saturated heterocycles. The molecule has 31 heavy (non-hydrogen) atoms. The lowest BCUT2D eigenvalue weighted by atomic mass is 9.76. The van der Waals surface area contributed by atoms with Crippen LogP contribution in [0.2, 0.25) is 0 Å². The smallest absolute Gasteiger partial charge is 0.338 e. The molecular formula is C29H38O2. The average Bonchev–Trinajstić information content (AvgIpc) is 2.79. The second-order valence-corrected chi connectivity index (χ2v) is 9.76. The summed E-state index contributed by atoms with van der Waals surface area (Å²) in [5.74, 6) is 1.43. The highest BCUT2D eigenvalue weighted by Crippen LogP contribution is 2.37. The van der Waals surface area contributed by atoms with Gasteiger partial charge in [0.15, 0.2) is 0 Å². The Morgan fingerprint density at radius 1 is 0.839 bits per heavy atom. The molecule has 1 atom stereocenters. The maximum atomic E-state index is 12.4. The van der Waals surface area contributed by atoms with Gasteiger partial charge in [-0.1, -0.05) is 63.1 Å². The van der Waals surface area contributed by atoms with Crippen LogP contribution in [0.1, 0.15) is 104 Å². The number of ether oxygens (including phenoxy) is 1. The summed E-state index contributed by atoms with van der Waals surface area (Å²) in [7, 11) is 0. The summed E-state index contributed by atoms with van der Waals surface area (Å²) in [4.78, 5) is 12.4. The summed E-state index contributed by atoms with van der Waals surface area (Å²) in [6.07, 6.45) is 12.9. The lowest BCUT2D eigenvalue weighted by Crippen LogP contribution is -2.27. The molecule has 0 amide bonds. The third-order valence-corrected chi connectivity index (χ3v) is 7.40. The van der Waals surface area contributed by atoms with Crippen LogP contribution in [-0.2, 0) is 24.0 Å². The van der Waals surface area contributed by atoms with E-state index in [0.717, 1.165) is 43.1 Å². The highest BCUT2D eigenvalue weighted by Gasteiger charge is 2.26. The van der Waals surface area contributed by atoms with Gasteiger partial charge < -0.3 is 4.74 Å². The van der Waals surface area contributed by atoms with Crippen LogP contribution >= 0.6 is 0 Å². The first-order chi connectivity index (χ1) is 15.2. The first-order valence-corrected chi connectivity index (χ1v) is 12.6. The van der Waals surface area contributed by atoms with Gasteiger partial charge in [-0.25, -0.2) is 4.79 Å². The van der Waals surface area contributed by atoms with Gasteiger partial charge in [0, 0.05) is 6.42 Å². The van der Waals surface area contributed by atoms with Gasteiger partial charge in [-0.15, -0.1) is 0 Å². The third-order valence-electron chi connectivity index (χ3n) is 7.40. The van der Waals surface area contributed by atoms with Gasteiger partial charge >= 0.3 is 5.97 Å². The number of aryl methyl sites for hydroxylation is 2. The lowest BCUT2D eigenvalue weighted by Gasteiger charge is -2.29. The average molecular weight is 419 g/mol. The van der Waals surface area contributed by atoms with Crippen molar-refractivity contribution in [2.24, 2.45) is 5.92 Å². The number of carbonyl (C=O) groups is 1. The molecule has 1 heterocycles. The van der Waals surface area contributed by atoms with E-state index in [1.807, 2.05) is 0 Å². The van der Waals surface area contributed by atoms with Crippen molar-refractivity contribution in [2.75, 3.05) is 0 Å². The van der Waals surface area contributed by atoms with E-state index in [9.17, 15) is 4.79 Å². The van der Waals surface area contributed by atoms with Crippen LogP contribution in [0.4, 0.5) is 0 Å². The molecule has 1 fully saturated rings. The first-order valence-electron chi connectivity index (χ1n) is 12.6. The molecule has 2 aromatic carbocycles. The van der Waals surface area contributed by atoms with Crippen molar-refractivity contribution in [3.8, 4) is 0 Å². The van der Waals surface area contributed by atoms with Crippen molar-refractivity contribution in [3.63, 3.8) is 0 Å². The van der Waals surface area contributed by atoms with E-state index in [1.165, 1.54) is 67.2 Å². The Balaban J connectivity index is 1.27. The maximum absolute atomic E-state index is 12.4. The second kappa shape index (κ2) is 10.5. The normalized spacial score (nSPS) is 23.3. The number of carbonyl (C=O) groups excluding carboxylic acids is 1. The fourth-order valence-electron chi connectivity index (χ4n) is 5.53. The van der Waals surface area contributed by atoms with Crippen molar-refractivity contribution in [1.29, 1.82) is 0 Å². The minimum Gasteiger partial charge on any atom is -0.458 e. The molecule has 1 saturated carbocycles. The molecule has 0 radical (unpaired) electrons. The zero-order valence-corrected chi connectivity index (χ0v) is 19.4. The van der Waals surface area contributed by atoms with Crippen LogP contribution in [0.15, 0.2) is 42.5 Å². The SMILES string of the molecule is CCCc1ccc(C2CCC(CCc3ccc4c(c3)C(=O)OC(CCC)C4)CC2)cc1. The quantitative estimate of drug-likeness (QED) is 0.417. The van der Waals surface area contributed by atoms with E-state index in [-0.39, 0.29) is 12.1 Å². The molecule has 2 aromatic rings. The number of esters is 1. The molecular weight excluding hydrogens is 380 g/mol. The Bertz CT molecular complexity index is 859. The number of rotatable bonds is 8. The van der Waals surface area contributed by atoms with E-state index in [1.54, 1.807) is 0 Å². The summed E-state index contributed by atoms with van der Waals surface area (Å²) < 4.78 is 5.64. The Kier molecular flexibility index (Phi) is 7.48. The Labute approximate surface area is 188 Å². The van der Waals surface area contributed by atoms with Gasteiger partial charge in [-0.3, -0.25) is 0 Å². The summed E-state index contributed by atoms with van der Waals surface area (Å²) >= 11 is 0. The predicted octanol–water partition coefficient (Wildman–Crippen LogP) is 7.43. The molecule has 2 heteroatoms. The van der Waals surface area contributed by atoms with Gasteiger partial charge in [0.05, 0.1) is 5.56 Å². The number of benzene rings is 2. The van der Waals surface area contributed by atoms with Crippen molar-refractivity contribution in [3.05, 3.63) is 70.3 Å². The van der Waals surface area contributed by atoms with Crippen LogP contribution < -0.4 is 0 Å². The fourth-order valence-corrected chi connectivity index (χ4v) is 5.53. The number of hydrogen-bond acceptors (Lipinski definition) is 2. The highest BCUT2D eigenvalue weighted by atomic mass is 16.5. The molecule has 1 unspecified atom stereocenters. The van der Waals surface area contributed by atoms with Gasteiger partial charge in [0.25, 0.3) is 0 Å². The zero-order valence-electron chi connectivity index (χ0n) is 19.4. The second-order valence-electron chi connectivity index (χ2n) is 9.76. The van der Waals surface area contributed by atoms with Crippen LogP contribution in [0.25, 0.3) is 0 Å². The molecule has 1 aliphatic heterocycles. The summed E-state index contributed by atoms with van der Waals surface area (Å²) in [6.45, 7) is 4.39. The van der Waals surface area contributed by atoms with Crippen LogP contribution in [0.5, 0.6) is 0 Å². The molecule has 1 aliphatic carbocycles. The van der Waals surface area contributed by atoms with E-state index in [4.69, 9.17) is 4.74 Å². The molecule has 0 aromatic heterocycles. The largest absolute Gasteiger partial charge is 0.458 e. The van der Waals surface area contributed by atoms with Gasteiger partial charge in [-0.2, -0.15) is 0 Å². The topological polar surface area (TPSA) is 26.3 Å². The van der Waals surface area contributed by atoms with E-state index >= 15 is 0 Å². The van der Waals surface area contributed by atoms with Crippen LogP contribution in [0.3, 0.4) is 0 Å². The summed E-state index contributed by atoms with van der Waals surface area (Å²) in [5, 5.41) is 0. The Hall–Kier alpha value is -2.09. The minimum absolute atomic E-state index is 0.0638. The van der Waals surface area contributed by atoms with Gasteiger partial charge in [0.2, 0.25) is 0 Å². The summed E-state index contributed by atoms with van der Waals surface area (Å²) in [6, 6.07) is 15.9. The molecule has 0 spiro atoms. The molecule has 4 rings (SSSR count). The fraction of sp³-hybridized carbons (Fsp3) is 0.552. The number of hydrogen-bond donors (Lipinski definition) is 0. The van der Waals surface area contributed by atoms with Crippen molar-refractivity contribution in [1.82, 2.24) is 0 Å². The lowest BCUT2D eigenvalue weighted by molar-refractivity contribution is 0.0236. The van der Waals surface area contributed by atoms with E-state index in [0.29, 0.717) is 0 Å². The van der Waals surface area contributed by atoms with E-state index in [2.05, 4.69) is 56.3 Å². The Morgan fingerprint density at radius 3 is 2.29 bits per heavy atom. The molecule has 166 valence electrons. The number of fused-ring (bicyclic) bond motifs is 1. The van der Waals surface area contributed by atoms with Crippen molar-refractivity contribution in [2.45, 2.75) is 96.5 Å². The standard InChI is InChI=1S/C29H38O2/c1-3-5-21-9-14-24(15-10-21)25-16-11-22(12-17-25)7-8-23-13-18-26-20-27(6-4-2)31-29(30)28(26)19-23/h9-10,13-15,18-19,22,25,27H,3-8,11-12,16-17,20H2,1-2H3. The van der Waals surface area contributed by atoms with Crippen LogP contribution in [0, 0.1) is 5.92 Å².